The fourth-order valence-corrected chi connectivity index (χ4v) is 3.00. The molecule has 0 bridgehead atoms. The van der Waals surface area contributed by atoms with E-state index in [1.165, 1.54) is 12.1 Å². The Morgan fingerprint density at radius 1 is 1.45 bits per heavy atom. The van der Waals surface area contributed by atoms with Crippen LogP contribution in [0.15, 0.2) is 12.1 Å². The van der Waals surface area contributed by atoms with Crippen molar-refractivity contribution >= 4 is 28.3 Å². The summed E-state index contributed by atoms with van der Waals surface area (Å²) in [4.78, 5) is 10.6. The van der Waals surface area contributed by atoms with E-state index in [-0.39, 0.29) is 17.0 Å². The van der Waals surface area contributed by atoms with Crippen LogP contribution in [-0.4, -0.2) is 22.2 Å². The van der Waals surface area contributed by atoms with E-state index in [1.807, 2.05) is 28.7 Å². The van der Waals surface area contributed by atoms with Crippen molar-refractivity contribution in [2.24, 2.45) is 0 Å². The number of nitro groups is 1. The fraction of sp³-hybridized carbons (Fsp3) is 0.462. The van der Waals surface area contributed by atoms with Crippen LogP contribution in [0.4, 0.5) is 5.69 Å². The normalized spacial score (nSPS) is 22.1. The van der Waals surface area contributed by atoms with Gasteiger partial charge in [0.1, 0.15) is 6.10 Å². The van der Waals surface area contributed by atoms with Gasteiger partial charge < -0.3 is 9.84 Å². The minimum Gasteiger partial charge on any atom is -0.480 e. The predicted molar refractivity (Wildman–Crippen MR) is 79.4 cm³/mol. The summed E-state index contributed by atoms with van der Waals surface area (Å²) in [6, 6.07) is 4.63. The molecule has 0 saturated heterocycles. The molecule has 6 nitrogen and oxygen atoms in total. The average molecular weight is 388 g/mol. The van der Waals surface area contributed by atoms with Crippen LogP contribution in [0.1, 0.15) is 31.2 Å². The first kappa shape index (κ1) is 15.0. The molecule has 0 heterocycles. The Morgan fingerprint density at radius 3 is 2.75 bits per heavy atom. The molecule has 1 aliphatic carbocycles. The minimum atomic E-state index is -0.602. The van der Waals surface area contributed by atoms with Gasteiger partial charge in [0.15, 0.2) is 0 Å². The molecular weight excluding hydrogens is 375 g/mol. The predicted octanol–water partition coefficient (Wildman–Crippen LogP) is 2.75. The van der Waals surface area contributed by atoms with Crippen molar-refractivity contribution < 1.29 is 14.8 Å². The van der Waals surface area contributed by atoms with E-state index in [4.69, 9.17) is 10.00 Å². The van der Waals surface area contributed by atoms with Gasteiger partial charge in [-0.1, -0.05) is 6.42 Å². The first-order valence-electron chi connectivity index (χ1n) is 6.25. The highest BCUT2D eigenvalue weighted by atomic mass is 127. The van der Waals surface area contributed by atoms with Gasteiger partial charge in [-0.2, -0.15) is 5.26 Å². The molecule has 1 aromatic rings. The summed E-state index contributed by atoms with van der Waals surface area (Å²) in [6.45, 7) is 0. The van der Waals surface area contributed by atoms with Crippen LogP contribution in [-0.2, 0) is 0 Å². The third-order valence-electron chi connectivity index (χ3n) is 3.29. The third-order valence-corrected chi connectivity index (χ3v) is 4.09. The van der Waals surface area contributed by atoms with Crippen molar-refractivity contribution in [3.63, 3.8) is 0 Å². The maximum atomic E-state index is 11.1. The second-order valence-corrected chi connectivity index (χ2v) is 5.85. The van der Waals surface area contributed by atoms with Crippen molar-refractivity contribution in [1.82, 2.24) is 0 Å². The second kappa shape index (κ2) is 6.37. The molecule has 1 saturated carbocycles. The van der Waals surface area contributed by atoms with Crippen molar-refractivity contribution in [2.45, 2.75) is 37.9 Å². The topological polar surface area (TPSA) is 96.4 Å². The molecule has 1 aliphatic rings. The monoisotopic (exact) mass is 388 g/mol. The van der Waals surface area contributed by atoms with Gasteiger partial charge in [-0.05, 0) is 47.9 Å². The molecule has 0 unspecified atom stereocenters. The van der Waals surface area contributed by atoms with Gasteiger partial charge in [0.25, 0.3) is 0 Å². The lowest BCUT2D eigenvalue weighted by molar-refractivity contribution is -0.386. The van der Waals surface area contributed by atoms with Crippen LogP contribution >= 0.6 is 22.6 Å². The first-order chi connectivity index (χ1) is 9.52. The number of hydrogen-bond donors (Lipinski definition) is 1. The van der Waals surface area contributed by atoms with Crippen molar-refractivity contribution in [3.05, 3.63) is 31.4 Å². The summed E-state index contributed by atoms with van der Waals surface area (Å²) in [7, 11) is 0. The highest BCUT2D eigenvalue weighted by Crippen LogP contribution is 2.36. The van der Waals surface area contributed by atoms with Crippen LogP contribution in [0, 0.1) is 25.0 Å². The number of aliphatic hydroxyl groups is 1. The average Bonchev–Trinajstić information content (AvgIpc) is 2.42. The molecule has 0 aliphatic heterocycles. The van der Waals surface area contributed by atoms with Gasteiger partial charge in [0.05, 0.1) is 26.2 Å². The smallest absolute Gasteiger partial charge is 0.313 e. The second-order valence-electron chi connectivity index (χ2n) is 4.68. The lowest BCUT2D eigenvalue weighted by Gasteiger charge is -2.28. The van der Waals surface area contributed by atoms with Gasteiger partial charge in [-0.15, -0.1) is 0 Å². The molecular formula is C13H13IN2O4. The van der Waals surface area contributed by atoms with Crippen molar-refractivity contribution in [3.8, 4) is 11.8 Å². The number of hydrogen-bond acceptors (Lipinski definition) is 5. The summed E-state index contributed by atoms with van der Waals surface area (Å²) < 4.78 is 6.19. The molecule has 2 rings (SSSR count). The zero-order valence-electron chi connectivity index (χ0n) is 10.6. The van der Waals surface area contributed by atoms with Gasteiger partial charge >= 0.3 is 5.69 Å². The number of aliphatic hydroxyl groups excluding tert-OH is 1. The number of rotatable bonds is 3. The number of nitrogens with zero attached hydrogens (tertiary/aromatic N) is 2. The molecule has 1 N–H and O–H groups in total. The number of ether oxygens (including phenoxy) is 1. The Labute approximate surface area is 129 Å². The SMILES string of the molecule is N#Cc1cc(I)c(O[C@H]2CCCC[C@@H]2O)c([N+](=O)[O-])c1. The van der Waals surface area contributed by atoms with Gasteiger partial charge in [-0.25, -0.2) is 0 Å². The Hall–Kier alpha value is -1.40. The molecule has 1 aromatic carbocycles. The van der Waals surface area contributed by atoms with E-state index >= 15 is 0 Å². The molecule has 2 atom stereocenters. The fourth-order valence-electron chi connectivity index (χ4n) is 2.26. The Bertz CT molecular complexity index is 570. The quantitative estimate of drug-likeness (QED) is 0.488. The number of benzene rings is 1. The van der Waals surface area contributed by atoms with Crippen molar-refractivity contribution in [2.75, 3.05) is 0 Å². The standard InChI is InChI=1S/C13H13IN2O4/c14-9-5-8(7-15)6-10(16(18)19)13(9)20-12-4-2-1-3-11(12)17/h5-6,11-12,17H,1-4H2/t11-,12-/m0/s1. The van der Waals surface area contributed by atoms with Gasteiger partial charge in [0.2, 0.25) is 5.75 Å². The molecule has 20 heavy (non-hydrogen) atoms. The first-order valence-corrected chi connectivity index (χ1v) is 7.33. The number of nitro benzene ring substituents is 1. The molecule has 1 fully saturated rings. The molecule has 0 aromatic heterocycles. The van der Waals surface area contributed by atoms with E-state index in [2.05, 4.69) is 0 Å². The van der Waals surface area contributed by atoms with Crippen LogP contribution < -0.4 is 4.74 Å². The van der Waals surface area contributed by atoms with Gasteiger partial charge in [0, 0.05) is 6.07 Å². The van der Waals surface area contributed by atoms with E-state index in [0.717, 1.165) is 12.8 Å². The van der Waals surface area contributed by atoms with Crippen LogP contribution in [0.2, 0.25) is 0 Å². The van der Waals surface area contributed by atoms with Crippen LogP contribution in [0.3, 0.4) is 0 Å². The van der Waals surface area contributed by atoms with Crippen LogP contribution in [0.25, 0.3) is 0 Å². The van der Waals surface area contributed by atoms with E-state index in [0.29, 0.717) is 16.4 Å². The molecule has 106 valence electrons. The van der Waals surface area contributed by atoms with E-state index in [9.17, 15) is 15.2 Å². The Balaban J connectivity index is 2.35. The third kappa shape index (κ3) is 3.19. The summed E-state index contributed by atoms with van der Waals surface area (Å²) in [6.07, 6.45) is 2.16. The highest BCUT2D eigenvalue weighted by molar-refractivity contribution is 14.1. The Morgan fingerprint density at radius 2 is 2.15 bits per heavy atom. The summed E-state index contributed by atoms with van der Waals surface area (Å²) in [5, 5.41) is 29.9. The van der Waals surface area contributed by atoms with Crippen LogP contribution in [0.5, 0.6) is 5.75 Å². The zero-order valence-corrected chi connectivity index (χ0v) is 12.7. The maximum Gasteiger partial charge on any atom is 0.313 e. The molecule has 7 heteroatoms. The number of halogens is 1. The molecule has 0 amide bonds. The largest absolute Gasteiger partial charge is 0.480 e. The van der Waals surface area contributed by atoms with Gasteiger partial charge in [-0.3, -0.25) is 10.1 Å². The highest BCUT2D eigenvalue weighted by Gasteiger charge is 2.29. The zero-order chi connectivity index (χ0) is 14.7. The lowest BCUT2D eigenvalue weighted by atomic mass is 9.95. The Kier molecular flexibility index (Phi) is 4.77. The van der Waals surface area contributed by atoms with E-state index < -0.39 is 17.1 Å². The lowest BCUT2D eigenvalue weighted by Crippen LogP contribution is -2.35. The summed E-state index contributed by atoms with van der Waals surface area (Å²) in [5.41, 5.74) is -0.0103. The summed E-state index contributed by atoms with van der Waals surface area (Å²) in [5.74, 6) is 0.139. The summed E-state index contributed by atoms with van der Waals surface area (Å²) >= 11 is 1.91. The van der Waals surface area contributed by atoms with Crippen molar-refractivity contribution in [1.29, 1.82) is 5.26 Å². The minimum absolute atomic E-state index is 0.139. The number of nitriles is 1. The molecule has 0 radical (unpaired) electrons. The maximum absolute atomic E-state index is 11.1. The van der Waals surface area contributed by atoms with E-state index in [1.54, 1.807) is 0 Å². The molecule has 0 spiro atoms.